The number of thiophene rings is 1. The first kappa shape index (κ1) is 11.5. The van der Waals surface area contributed by atoms with Crippen LogP contribution in [0.15, 0.2) is 11.4 Å². The van der Waals surface area contributed by atoms with Gasteiger partial charge in [-0.1, -0.05) is 13.8 Å². The standard InChI is InChI=1S/C8H10O3S.C2H6/c1-10-6-2-3-12-7(6)8(9)4-11-5-8;1-2/h2-3,9H,4-5H2,1H3;1-2H3. The summed E-state index contributed by atoms with van der Waals surface area (Å²) in [5.41, 5.74) is -0.792. The lowest BCUT2D eigenvalue weighted by molar-refractivity contribution is -0.183. The lowest BCUT2D eigenvalue weighted by Crippen LogP contribution is -2.46. The molecule has 0 amide bonds. The smallest absolute Gasteiger partial charge is 0.149 e. The van der Waals surface area contributed by atoms with E-state index < -0.39 is 5.60 Å². The molecular formula is C10H16O3S. The summed E-state index contributed by atoms with van der Waals surface area (Å²) in [5.74, 6) is 0.755. The van der Waals surface area contributed by atoms with Crippen LogP contribution in [0.4, 0.5) is 0 Å². The predicted octanol–water partition coefficient (Wildman–Crippen LogP) is 2.00. The first-order valence-corrected chi connectivity index (χ1v) is 5.56. The van der Waals surface area contributed by atoms with E-state index in [9.17, 15) is 5.11 Å². The molecular weight excluding hydrogens is 200 g/mol. The predicted molar refractivity (Wildman–Crippen MR) is 56.9 cm³/mol. The van der Waals surface area contributed by atoms with E-state index >= 15 is 0 Å². The fraction of sp³-hybridized carbons (Fsp3) is 0.600. The molecule has 2 rings (SSSR count). The second-order valence-corrected chi connectivity index (χ2v) is 3.76. The summed E-state index contributed by atoms with van der Waals surface area (Å²) in [6, 6.07) is 1.86. The van der Waals surface area contributed by atoms with Crippen LogP contribution in [0, 0.1) is 0 Å². The van der Waals surface area contributed by atoms with Crippen LogP contribution in [0.25, 0.3) is 0 Å². The van der Waals surface area contributed by atoms with Gasteiger partial charge in [-0.15, -0.1) is 11.3 Å². The van der Waals surface area contributed by atoms with E-state index in [0.717, 1.165) is 10.6 Å². The van der Waals surface area contributed by atoms with Crippen molar-refractivity contribution in [1.29, 1.82) is 0 Å². The third-order valence-corrected chi connectivity index (χ3v) is 3.04. The van der Waals surface area contributed by atoms with Crippen LogP contribution in [-0.2, 0) is 10.3 Å². The van der Waals surface area contributed by atoms with Gasteiger partial charge in [0.05, 0.1) is 25.2 Å². The van der Waals surface area contributed by atoms with Crippen molar-refractivity contribution in [3.8, 4) is 5.75 Å². The third kappa shape index (κ3) is 1.92. The molecule has 0 spiro atoms. The molecule has 1 aromatic heterocycles. The summed E-state index contributed by atoms with van der Waals surface area (Å²) < 4.78 is 10.1. The lowest BCUT2D eigenvalue weighted by Gasteiger charge is -2.35. The molecule has 1 fully saturated rings. The number of methoxy groups -OCH3 is 1. The van der Waals surface area contributed by atoms with Crippen molar-refractivity contribution in [3.63, 3.8) is 0 Å². The van der Waals surface area contributed by atoms with Crippen molar-refractivity contribution in [2.75, 3.05) is 20.3 Å². The molecule has 4 heteroatoms. The van der Waals surface area contributed by atoms with Crippen molar-refractivity contribution in [2.24, 2.45) is 0 Å². The van der Waals surface area contributed by atoms with E-state index in [2.05, 4.69) is 0 Å². The Labute approximate surface area is 88.3 Å². The minimum Gasteiger partial charge on any atom is -0.495 e. The largest absolute Gasteiger partial charge is 0.495 e. The van der Waals surface area contributed by atoms with Gasteiger partial charge in [-0.05, 0) is 11.4 Å². The van der Waals surface area contributed by atoms with Gasteiger partial charge in [0.25, 0.3) is 0 Å². The zero-order chi connectivity index (χ0) is 10.6. The molecule has 0 saturated carbocycles. The maximum absolute atomic E-state index is 9.89. The van der Waals surface area contributed by atoms with Gasteiger partial charge in [0.1, 0.15) is 11.4 Å². The SMILES string of the molecule is CC.COc1ccsc1C1(O)COC1. The lowest BCUT2D eigenvalue weighted by atomic mass is 10.00. The van der Waals surface area contributed by atoms with E-state index in [1.165, 1.54) is 11.3 Å². The molecule has 80 valence electrons. The number of hydrogen-bond acceptors (Lipinski definition) is 4. The van der Waals surface area contributed by atoms with Crippen LogP contribution in [0.3, 0.4) is 0 Å². The second kappa shape index (κ2) is 4.77. The molecule has 1 saturated heterocycles. The highest BCUT2D eigenvalue weighted by molar-refractivity contribution is 7.10. The van der Waals surface area contributed by atoms with Crippen LogP contribution < -0.4 is 4.74 Å². The van der Waals surface area contributed by atoms with Gasteiger partial charge in [0.15, 0.2) is 0 Å². The van der Waals surface area contributed by atoms with Gasteiger partial charge >= 0.3 is 0 Å². The molecule has 0 aliphatic carbocycles. The molecule has 0 bridgehead atoms. The summed E-state index contributed by atoms with van der Waals surface area (Å²) in [5, 5.41) is 11.8. The van der Waals surface area contributed by atoms with Crippen molar-refractivity contribution in [3.05, 3.63) is 16.3 Å². The molecule has 0 atom stereocenters. The summed E-state index contributed by atoms with van der Waals surface area (Å²) in [7, 11) is 1.61. The second-order valence-electron chi connectivity index (χ2n) is 2.84. The summed E-state index contributed by atoms with van der Waals surface area (Å²) >= 11 is 1.50. The zero-order valence-electron chi connectivity index (χ0n) is 8.74. The van der Waals surface area contributed by atoms with Crippen LogP contribution in [0.2, 0.25) is 0 Å². The highest BCUT2D eigenvalue weighted by atomic mass is 32.1. The Hall–Kier alpha value is -0.580. The Kier molecular flexibility index (Phi) is 3.92. The fourth-order valence-corrected chi connectivity index (χ4v) is 2.16. The summed E-state index contributed by atoms with van der Waals surface area (Å²) in [4.78, 5) is 0.872. The van der Waals surface area contributed by atoms with Crippen molar-refractivity contribution >= 4 is 11.3 Å². The van der Waals surface area contributed by atoms with Crippen molar-refractivity contribution in [2.45, 2.75) is 19.4 Å². The Morgan fingerprint density at radius 3 is 2.57 bits per heavy atom. The monoisotopic (exact) mass is 216 g/mol. The highest BCUT2D eigenvalue weighted by Gasteiger charge is 2.41. The fourth-order valence-electron chi connectivity index (χ4n) is 1.22. The van der Waals surface area contributed by atoms with Crippen molar-refractivity contribution in [1.82, 2.24) is 0 Å². The topological polar surface area (TPSA) is 38.7 Å². The molecule has 3 nitrogen and oxygen atoms in total. The Morgan fingerprint density at radius 1 is 1.50 bits per heavy atom. The normalized spacial score (nSPS) is 17.7. The zero-order valence-corrected chi connectivity index (χ0v) is 9.56. The average Bonchev–Trinajstić information content (AvgIpc) is 2.65. The third-order valence-electron chi connectivity index (χ3n) is 1.95. The number of aliphatic hydroxyl groups is 1. The van der Waals surface area contributed by atoms with Crippen LogP contribution in [-0.4, -0.2) is 25.4 Å². The Morgan fingerprint density at radius 2 is 2.14 bits per heavy atom. The maximum atomic E-state index is 9.89. The van der Waals surface area contributed by atoms with E-state index in [0.29, 0.717) is 13.2 Å². The van der Waals surface area contributed by atoms with E-state index in [4.69, 9.17) is 9.47 Å². The van der Waals surface area contributed by atoms with E-state index in [1.54, 1.807) is 7.11 Å². The molecule has 1 aromatic rings. The molecule has 0 unspecified atom stereocenters. The van der Waals surface area contributed by atoms with Gasteiger partial charge in [-0.25, -0.2) is 0 Å². The van der Waals surface area contributed by atoms with E-state index in [-0.39, 0.29) is 0 Å². The molecule has 1 aliphatic heterocycles. The van der Waals surface area contributed by atoms with E-state index in [1.807, 2.05) is 25.3 Å². The summed E-state index contributed by atoms with van der Waals surface area (Å²) in [6.45, 7) is 4.76. The Balaban J connectivity index is 0.000000461. The first-order valence-electron chi connectivity index (χ1n) is 4.68. The summed E-state index contributed by atoms with van der Waals surface area (Å²) in [6.07, 6.45) is 0. The molecule has 0 radical (unpaired) electrons. The maximum Gasteiger partial charge on any atom is 0.149 e. The number of hydrogen-bond donors (Lipinski definition) is 1. The quantitative estimate of drug-likeness (QED) is 0.821. The van der Waals surface area contributed by atoms with Gasteiger partial charge in [0.2, 0.25) is 0 Å². The Bertz CT molecular complexity index is 279. The molecule has 1 N–H and O–H groups in total. The van der Waals surface area contributed by atoms with Crippen LogP contribution >= 0.6 is 11.3 Å². The first-order chi connectivity index (χ1) is 6.76. The number of rotatable bonds is 2. The minimum absolute atomic E-state index is 0.379. The highest BCUT2D eigenvalue weighted by Crippen LogP contribution is 2.39. The average molecular weight is 216 g/mol. The number of ether oxygens (including phenoxy) is 2. The van der Waals surface area contributed by atoms with Crippen molar-refractivity contribution < 1.29 is 14.6 Å². The van der Waals surface area contributed by atoms with Gasteiger partial charge in [0, 0.05) is 0 Å². The minimum atomic E-state index is -0.792. The van der Waals surface area contributed by atoms with Gasteiger partial charge < -0.3 is 14.6 Å². The van der Waals surface area contributed by atoms with Gasteiger partial charge in [-0.3, -0.25) is 0 Å². The molecule has 2 heterocycles. The van der Waals surface area contributed by atoms with Gasteiger partial charge in [-0.2, -0.15) is 0 Å². The molecule has 1 aliphatic rings. The van der Waals surface area contributed by atoms with Crippen LogP contribution in [0.5, 0.6) is 5.75 Å². The molecule has 0 aromatic carbocycles. The molecule has 14 heavy (non-hydrogen) atoms. The van der Waals surface area contributed by atoms with Crippen LogP contribution in [0.1, 0.15) is 18.7 Å².